The van der Waals surface area contributed by atoms with E-state index in [2.05, 4.69) is 5.10 Å². The molecule has 3 aromatic rings. The van der Waals surface area contributed by atoms with Gasteiger partial charge in [0, 0.05) is 21.9 Å². The van der Waals surface area contributed by atoms with Crippen LogP contribution in [0.25, 0.3) is 16.8 Å². The molecule has 0 N–H and O–H groups in total. The van der Waals surface area contributed by atoms with Crippen LogP contribution in [0.2, 0.25) is 5.02 Å². The summed E-state index contributed by atoms with van der Waals surface area (Å²) >= 11 is 4.01. The molecule has 0 aliphatic heterocycles. The summed E-state index contributed by atoms with van der Waals surface area (Å²) in [6.45, 7) is 0. The van der Waals surface area contributed by atoms with E-state index in [1.165, 1.54) is 36.8 Å². The minimum atomic E-state index is -2.13. The third-order valence-electron chi connectivity index (χ3n) is 6.21. The lowest BCUT2D eigenvalue weighted by Crippen LogP contribution is -2.26. The highest BCUT2D eigenvalue weighted by atomic mass is 35.5. The van der Waals surface area contributed by atoms with Gasteiger partial charge in [0.25, 0.3) is 5.56 Å². The molecule has 1 heterocycles. The van der Waals surface area contributed by atoms with Crippen molar-refractivity contribution in [1.29, 1.82) is 0 Å². The molecule has 4 rings (SSSR count). The highest BCUT2D eigenvalue weighted by molar-refractivity contribution is 7.78. The monoisotopic (exact) mass is 469 g/mol. The Morgan fingerprint density at radius 1 is 1.09 bits per heavy atom. The van der Waals surface area contributed by atoms with Gasteiger partial charge in [-0.3, -0.25) is 9.00 Å². The SMILES string of the molecule is O=c1c(CCC2CCCCC2)c(-c2ccc(CS(=O)[O-])cc2)cnn1-c1cccc(Cl)c1. The predicted octanol–water partition coefficient (Wildman–Crippen LogP) is 5.44. The smallest absolute Gasteiger partial charge is 0.275 e. The highest BCUT2D eigenvalue weighted by Gasteiger charge is 2.18. The van der Waals surface area contributed by atoms with Crippen molar-refractivity contribution in [2.45, 2.75) is 50.7 Å². The molecule has 1 aliphatic carbocycles. The van der Waals surface area contributed by atoms with Crippen molar-refractivity contribution >= 4 is 22.7 Å². The molecular formula is C25H26ClN2O3S-. The maximum absolute atomic E-state index is 13.5. The number of hydrogen-bond acceptors (Lipinski definition) is 4. The maximum atomic E-state index is 13.5. The summed E-state index contributed by atoms with van der Waals surface area (Å²) in [7, 11) is 0. The molecular weight excluding hydrogens is 444 g/mol. The standard InChI is InChI=1S/C25H27ClN2O3S/c26-21-7-4-8-22(15-21)28-25(29)23(14-11-18-5-2-1-3-6-18)24(16-27-28)20-12-9-19(10-13-20)17-32(30)31/h4,7-10,12-13,15-16,18H,1-3,5-6,11,14,17H2,(H,30,31)/p-1. The Hall–Kier alpha value is -2.28. The van der Waals surface area contributed by atoms with Gasteiger partial charge in [0.05, 0.1) is 11.9 Å². The fraction of sp³-hybridized carbons (Fsp3) is 0.360. The Morgan fingerprint density at radius 3 is 2.53 bits per heavy atom. The zero-order valence-corrected chi connectivity index (χ0v) is 19.4. The van der Waals surface area contributed by atoms with Gasteiger partial charge < -0.3 is 4.55 Å². The first kappa shape index (κ1) is 22.9. The quantitative estimate of drug-likeness (QED) is 0.431. The second kappa shape index (κ2) is 10.6. The molecule has 0 saturated heterocycles. The molecule has 1 aliphatic rings. The molecule has 2 aromatic carbocycles. The third-order valence-corrected chi connectivity index (χ3v) is 7.01. The summed E-state index contributed by atoms with van der Waals surface area (Å²) < 4.78 is 23.4. The van der Waals surface area contributed by atoms with Crippen molar-refractivity contribution in [3.05, 3.63) is 81.2 Å². The zero-order chi connectivity index (χ0) is 22.5. The first-order valence-electron chi connectivity index (χ1n) is 11.0. The number of aromatic nitrogens is 2. The fourth-order valence-electron chi connectivity index (χ4n) is 4.51. The van der Waals surface area contributed by atoms with E-state index in [9.17, 15) is 13.6 Å². The second-order valence-electron chi connectivity index (χ2n) is 8.42. The second-order valence-corrected chi connectivity index (χ2v) is 9.75. The van der Waals surface area contributed by atoms with E-state index in [-0.39, 0.29) is 11.3 Å². The van der Waals surface area contributed by atoms with Gasteiger partial charge in [-0.15, -0.1) is 0 Å². The lowest BCUT2D eigenvalue weighted by atomic mass is 9.84. The molecule has 1 atom stereocenters. The molecule has 1 saturated carbocycles. The van der Waals surface area contributed by atoms with Gasteiger partial charge in [-0.25, -0.2) is 0 Å². The van der Waals surface area contributed by atoms with E-state index >= 15 is 0 Å². The molecule has 32 heavy (non-hydrogen) atoms. The Bertz CT molecular complexity index is 1150. The topological polar surface area (TPSA) is 75.0 Å². The van der Waals surface area contributed by atoms with Crippen LogP contribution in [0.15, 0.2) is 59.5 Å². The summed E-state index contributed by atoms with van der Waals surface area (Å²) in [4.78, 5) is 13.5. The minimum Gasteiger partial charge on any atom is -0.772 e. The van der Waals surface area contributed by atoms with Crippen LogP contribution in [-0.4, -0.2) is 18.5 Å². The predicted molar refractivity (Wildman–Crippen MR) is 128 cm³/mol. The van der Waals surface area contributed by atoms with Gasteiger partial charge in [0.15, 0.2) is 0 Å². The van der Waals surface area contributed by atoms with Crippen LogP contribution in [0.5, 0.6) is 0 Å². The van der Waals surface area contributed by atoms with Crippen LogP contribution in [0.4, 0.5) is 0 Å². The van der Waals surface area contributed by atoms with E-state index in [1.54, 1.807) is 36.5 Å². The Labute approximate surface area is 195 Å². The van der Waals surface area contributed by atoms with Gasteiger partial charge in [-0.05, 0) is 48.1 Å². The molecule has 0 spiro atoms. The number of halogens is 1. The van der Waals surface area contributed by atoms with Crippen LogP contribution in [0, 0.1) is 5.92 Å². The number of benzene rings is 2. The van der Waals surface area contributed by atoms with Crippen LogP contribution < -0.4 is 5.56 Å². The van der Waals surface area contributed by atoms with Crippen LogP contribution in [-0.2, 0) is 23.3 Å². The number of nitrogens with zero attached hydrogens (tertiary/aromatic N) is 2. The van der Waals surface area contributed by atoms with Crippen molar-refractivity contribution in [3.8, 4) is 16.8 Å². The first-order chi connectivity index (χ1) is 15.5. The summed E-state index contributed by atoms with van der Waals surface area (Å²) in [5.74, 6) is 0.627. The summed E-state index contributed by atoms with van der Waals surface area (Å²) in [6.07, 6.45) is 9.70. The lowest BCUT2D eigenvalue weighted by Gasteiger charge is -2.22. The van der Waals surface area contributed by atoms with E-state index < -0.39 is 11.1 Å². The summed E-state index contributed by atoms with van der Waals surface area (Å²) in [5, 5.41) is 4.99. The zero-order valence-electron chi connectivity index (χ0n) is 17.8. The Balaban J connectivity index is 1.71. The van der Waals surface area contributed by atoms with E-state index in [0.29, 0.717) is 28.6 Å². The van der Waals surface area contributed by atoms with Gasteiger partial charge in [-0.2, -0.15) is 9.78 Å². The molecule has 0 amide bonds. The highest BCUT2D eigenvalue weighted by Crippen LogP contribution is 2.29. The third kappa shape index (κ3) is 5.55. The molecule has 0 bridgehead atoms. The van der Waals surface area contributed by atoms with Gasteiger partial charge in [-0.1, -0.05) is 85.1 Å². The fourth-order valence-corrected chi connectivity index (χ4v) is 5.16. The number of rotatable bonds is 7. The summed E-state index contributed by atoms with van der Waals surface area (Å²) in [5.41, 5.74) is 3.63. The van der Waals surface area contributed by atoms with Crippen molar-refractivity contribution in [2.75, 3.05) is 0 Å². The Morgan fingerprint density at radius 2 is 1.84 bits per heavy atom. The molecule has 7 heteroatoms. The molecule has 1 unspecified atom stereocenters. The van der Waals surface area contributed by atoms with Crippen LogP contribution >= 0.6 is 11.6 Å². The first-order valence-corrected chi connectivity index (χ1v) is 12.7. The van der Waals surface area contributed by atoms with Crippen molar-refractivity contribution in [3.63, 3.8) is 0 Å². The Kier molecular flexibility index (Phi) is 7.55. The maximum Gasteiger partial charge on any atom is 0.275 e. The van der Waals surface area contributed by atoms with E-state index in [0.717, 1.165) is 23.1 Å². The average molecular weight is 470 g/mol. The van der Waals surface area contributed by atoms with Crippen molar-refractivity contribution in [2.24, 2.45) is 5.92 Å². The van der Waals surface area contributed by atoms with E-state index in [4.69, 9.17) is 11.6 Å². The molecule has 5 nitrogen and oxygen atoms in total. The molecule has 1 fully saturated rings. The van der Waals surface area contributed by atoms with Crippen molar-refractivity contribution in [1.82, 2.24) is 9.78 Å². The molecule has 168 valence electrons. The number of hydrogen-bond donors (Lipinski definition) is 0. The minimum absolute atomic E-state index is 0.0244. The lowest BCUT2D eigenvalue weighted by molar-refractivity contribution is 0.339. The van der Waals surface area contributed by atoms with Gasteiger partial charge in [0.2, 0.25) is 0 Å². The van der Waals surface area contributed by atoms with E-state index in [1.807, 2.05) is 18.2 Å². The molecule has 1 aromatic heterocycles. The summed E-state index contributed by atoms with van der Waals surface area (Å²) in [6, 6.07) is 14.4. The van der Waals surface area contributed by atoms with Gasteiger partial charge in [0.1, 0.15) is 0 Å². The van der Waals surface area contributed by atoms with Crippen molar-refractivity contribution < 1.29 is 8.76 Å². The largest absolute Gasteiger partial charge is 0.772 e. The van der Waals surface area contributed by atoms with Crippen LogP contribution in [0.1, 0.15) is 49.7 Å². The van der Waals surface area contributed by atoms with Gasteiger partial charge >= 0.3 is 0 Å². The van der Waals surface area contributed by atoms with Crippen LogP contribution in [0.3, 0.4) is 0 Å². The normalized spacial score (nSPS) is 15.6. The average Bonchev–Trinajstić information content (AvgIpc) is 2.79. The molecule has 0 radical (unpaired) electrons.